The molecular formula is C27H27N5O2. The van der Waals surface area contributed by atoms with Crippen molar-refractivity contribution in [3.63, 3.8) is 0 Å². The number of hydrogen-bond donors (Lipinski definition) is 1. The number of nitrogens with zero attached hydrogens (tertiary/aromatic N) is 4. The van der Waals surface area contributed by atoms with Crippen LogP contribution in [-0.4, -0.2) is 38.5 Å². The predicted molar refractivity (Wildman–Crippen MR) is 132 cm³/mol. The van der Waals surface area contributed by atoms with Crippen LogP contribution >= 0.6 is 0 Å². The fourth-order valence-corrected chi connectivity index (χ4v) is 3.94. The van der Waals surface area contributed by atoms with Crippen molar-refractivity contribution >= 4 is 17.5 Å². The van der Waals surface area contributed by atoms with Gasteiger partial charge in [0.1, 0.15) is 0 Å². The molecule has 0 unspecified atom stereocenters. The Labute approximate surface area is 199 Å². The lowest BCUT2D eigenvalue weighted by molar-refractivity contribution is 0.0785. The van der Waals surface area contributed by atoms with E-state index in [1.165, 1.54) is 0 Å². The number of anilines is 1. The van der Waals surface area contributed by atoms with Gasteiger partial charge in [-0.2, -0.15) is 5.10 Å². The van der Waals surface area contributed by atoms with Gasteiger partial charge in [0.2, 0.25) is 0 Å². The molecule has 0 atom stereocenters. The van der Waals surface area contributed by atoms with Crippen LogP contribution in [0.2, 0.25) is 0 Å². The molecule has 0 aliphatic heterocycles. The number of benzene rings is 2. The molecule has 34 heavy (non-hydrogen) atoms. The van der Waals surface area contributed by atoms with Crippen molar-refractivity contribution in [1.82, 2.24) is 19.7 Å². The standard InChI is InChI=1S/C27H27N5O2/c1-18-9-8-12-23(25(18)29-26(33)21-13-15-28-16-14-21)27(34)31(4)17-24-19(2)30-32(20(24)3)22-10-6-5-7-11-22/h5-16H,17H2,1-4H3,(H,29,33). The van der Waals surface area contributed by atoms with Crippen LogP contribution in [0.1, 0.15) is 43.2 Å². The van der Waals surface area contributed by atoms with Crippen molar-refractivity contribution in [3.8, 4) is 5.69 Å². The summed E-state index contributed by atoms with van der Waals surface area (Å²) in [6.07, 6.45) is 3.12. The third-order valence-electron chi connectivity index (χ3n) is 5.87. The van der Waals surface area contributed by atoms with Crippen molar-refractivity contribution in [2.24, 2.45) is 0 Å². The zero-order valence-corrected chi connectivity index (χ0v) is 19.7. The van der Waals surface area contributed by atoms with Gasteiger partial charge in [-0.3, -0.25) is 14.6 Å². The summed E-state index contributed by atoms with van der Waals surface area (Å²) in [7, 11) is 1.76. The van der Waals surface area contributed by atoms with Crippen LogP contribution in [0, 0.1) is 20.8 Å². The summed E-state index contributed by atoms with van der Waals surface area (Å²) >= 11 is 0. The first-order valence-corrected chi connectivity index (χ1v) is 11.0. The highest BCUT2D eigenvalue weighted by Gasteiger charge is 2.22. The molecule has 1 N–H and O–H groups in total. The van der Waals surface area contributed by atoms with Crippen LogP contribution < -0.4 is 5.32 Å². The SMILES string of the molecule is Cc1cccc(C(=O)N(C)Cc2c(C)nn(-c3ccccc3)c2C)c1NC(=O)c1ccncc1. The molecular weight excluding hydrogens is 426 g/mol. The van der Waals surface area contributed by atoms with E-state index in [-0.39, 0.29) is 11.8 Å². The minimum absolute atomic E-state index is 0.181. The zero-order valence-electron chi connectivity index (χ0n) is 19.7. The first-order chi connectivity index (χ1) is 16.4. The maximum atomic E-state index is 13.5. The number of carbonyl (C=O) groups excluding carboxylic acids is 2. The minimum Gasteiger partial charge on any atom is -0.337 e. The Bertz CT molecular complexity index is 1330. The second-order valence-electron chi connectivity index (χ2n) is 8.25. The quantitative estimate of drug-likeness (QED) is 0.458. The third kappa shape index (κ3) is 4.59. The molecule has 4 aromatic rings. The van der Waals surface area contributed by atoms with E-state index in [1.54, 1.807) is 42.5 Å². The van der Waals surface area contributed by atoms with Gasteiger partial charge in [-0.15, -0.1) is 0 Å². The second-order valence-corrected chi connectivity index (χ2v) is 8.25. The first-order valence-electron chi connectivity index (χ1n) is 11.0. The summed E-state index contributed by atoms with van der Waals surface area (Å²) < 4.78 is 1.90. The van der Waals surface area contributed by atoms with Gasteiger partial charge in [0.05, 0.1) is 22.6 Å². The van der Waals surface area contributed by atoms with Gasteiger partial charge in [-0.1, -0.05) is 30.3 Å². The van der Waals surface area contributed by atoms with Crippen LogP contribution in [0.15, 0.2) is 73.1 Å². The smallest absolute Gasteiger partial charge is 0.256 e. The van der Waals surface area contributed by atoms with Gasteiger partial charge in [-0.05, 0) is 56.7 Å². The van der Waals surface area contributed by atoms with Crippen molar-refractivity contribution in [2.75, 3.05) is 12.4 Å². The number of aryl methyl sites for hydroxylation is 2. The minimum atomic E-state index is -0.288. The maximum Gasteiger partial charge on any atom is 0.256 e. The first kappa shape index (κ1) is 22.9. The van der Waals surface area contributed by atoms with E-state index in [0.29, 0.717) is 23.4 Å². The van der Waals surface area contributed by atoms with E-state index in [9.17, 15) is 9.59 Å². The average Bonchev–Trinajstić information content (AvgIpc) is 3.14. The molecule has 4 rings (SSSR count). The normalized spacial score (nSPS) is 10.7. The number of para-hydroxylation sites is 2. The van der Waals surface area contributed by atoms with Crippen LogP contribution in [0.4, 0.5) is 5.69 Å². The molecule has 0 radical (unpaired) electrons. The van der Waals surface area contributed by atoms with E-state index in [0.717, 1.165) is 28.2 Å². The number of amides is 2. The molecule has 0 aliphatic rings. The molecule has 0 aliphatic carbocycles. The maximum absolute atomic E-state index is 13.5. The molecule has 0 bridgehead atoms. The predicted octanol–water partition coefficient (Wildman–Crippen LogP) is 4.72. The molecule has 0 fully saturated rings. The van der Waals surface area contributed by atoms with Crippen LogP contribution in [0.5, 0.6) is 0 Å². The number of pyridine rings is 1. The van der Waals surface area contributed by atoms with E-state index in [2.05, 4.69) is 15.4 Å². The van der Waals surface area contributed by atoms with Crippen molar-refractivity contribution < 1.29 is 9.59 Å². The van der Waals surface area contributed by atoms with Crippen LogP contribution in [0.25, 0.3) is 5.69 Å². The van der Waals surface area contributed by atoms with Gasteiger partial charge >= 0.3 is 0 Å². The van der Waals surface area contributed by atoms with Gasteiger partial charge in [0, 0.05) is 42.8 Å². The Balaban J connectivity index is 1.59. The monoisotopic (exact) mass is 453 g/mol. The molecule has 0 saturated carbocycles. The van der Waals surface area contributed by atoms with Gasteiger partial charge < -0.3 is 10.2 Å². The highest BCUT2D eigenvalue weighted by atomic mass is 16.2. The average molecular weight is 454 g/mol. The highest BCUT2D eigenvalue weighted by molar-refractivity contribution is 6.09. The zero-order chi connectivity index (χ0) is 24.2. The Morgan fingerprint density at radius 3 is 2.35 bits per heavy atom. The van der Waals surface area contributed by atoms with Gasteiger partial charge in [0.15, 0.2) is 0 Å². The summed E-state index contributed by atoms with van der Waals surface area (Å²) in [6, 6.07) is 18.6. The lowest BCUT2D eigenvalue weighted by Crippen LogP contribution is -2.28. The Morgan fingerprint density at radius 2 is 1.65 bits per heavy atom. The summed E-state index contributed by atoms with van der Waals surface area (Å²) in [5.41, 5.74) is 6.06. The van der Waals surface area contributed by atoms with Crippen molar-refractivity contribution in [3.05, 3.63) is 107 Å². The molecule has 7 nitrogen and oxygen atoms in total. The number of carbonyl (C=O) groups is 2. The fourth-order valence-electron chi connectivity index (χ4n) is 3.94. The summed E-state index contributed by atoms with van der Waals surface area (Å²) in [5, 5.41) is 7.60. The largest absolute Gasteiger partial charge is 0.337 e. The van der Waals surface area contributed by atoms with Crippen LogP contribution in [0.3, 0.4) is 0 Å². The molecule has 2 aromatic heterocycles. The second kappa shape index (κ2) is 9.70. The summed E-state index contributed by atoms with van der Waals surface area (Å²) in [5.74, 6) is -0.468. The fraction of sp³-hybridized carbons (Fsp3) is 0.185. The summed E-state index contributed by atoms with van der Waals surface area (Å²) in [4.78, 5) is 31.8. The van der Waals surface area contributed by atoms with E-state index < -0.39 is 0 Å². The third-order valence-corrected chi connectivity index (χ3v) is 5.87. The van der Waals surface area contributed by atoms with E-state index >= 15 is 0 Å². The van der Waals surface area contributed by atoms with Gasteiger partial charge in [0.25, 0.3) is 11.8 Å². The van der Waals surface area contributed by atoms with E-state index in [4.69, 9.17) is 0 Å². The molecule has 0 spiro atoms. The number of rotatable bonds is 6. The van der Waals surface area contributed by atoms with Crippen LogP contribution in [-0.2, 0) is 6.54 Å². The number of hydrogen-bond acceptors (Lipinski definition) is 4. The lowest BCUT2D eigenvalue weighted by Gasteiger charge is -2.21. The van der Waals surface area contributed by atoms with Gasteiger partial charge in [-0.25, -0.2) is 4.68 Å². The Hall–Kier alpha value is -4.26. The molecule has 0 saturated heterocycles. The molecule has 2 aromatic carbocycles. The highest BCUT2D eigenvalue weighted by Crippen LogP contribution is 2.25. The topological polar surface area (TPSA) is 80.1 Å². The van der Waals surface area contributed by atoms with E-state index in [1.807, 2.05) is 67.9 Å². The number of aromatic nitrogens is 3. The number of nitrogens with one attached hydrogen (secondary N) is 1. The van der Waals surface area contributed by atoms with Crippen molar-refractivity contribution in [1.29, 1.82) is 0 Å². The molecule has 2 amide bonds. The Morgan fingerprint density at radius 1 is 0.941 bits per heavy atom. The molecule has 172 valence electrons. The van der Waals surface area contributed by atoms with Crippen molar-refractivity contribution in [2.45, 2.75) is 27.3 Å². The summed E-state index contributed by atoms with van der Waals surface area (Å²) in [6.45, 7) is 6.23. The lowest BCUT2D eigenvalue weighted by atomic mass is 10.1. The molecule has 2 heterocycles. The molecule has 7 heteroatoms. The Kier molecular flexibility index (Phi) is 6.54.